The monoisotopic (exact) mass is 522 g/mol. The molecule has 3 rings (SSSR count). The van der Waals surface area contributed by atoms with E-state index in [1.54, 1.807) is 43.0 Å². The summed E-state index contributed by atoms with van der Waals surface area (Å²) in [5.74, 6) is -2.17. The zero-order valence-electron chi connectivity index (χ0n) is 19.0. The van der Waals surface area contributed by atoms with Gasteiger partial charge in [0.1, 0.15) is 18.1 Å². The number of rotatable bonds is 12. The minimum absolute atomic E-state index is 0.0280. The number of aliphatic hydroxyl groups is 2. The second-order valence-corrected chi connectivity index (χ2v) is 10.3. The molecule has 2 aromatic carbocycles. The van der Waals surface area contributed by atoms with E-state index in [0.29, 0.717) is 10.9 Å². The van der Waals surface area contributed by atoms with E-state index >= 15 is 0 Å². The summed E-state index contributed by atoms with van der Waals surface area (Å²) in [7, 11) is -1.01. The largest absolute Gasteiger partial charge is 0.497 e. The number of nitrogens with one attached hydrogen (secondary N) is 1. The van der Waals surface area contributed by atoms with Gasteiger partial charge in [-0.05, 0) is 35.4 Å². The lowest BCUT2D eigenvalue weighted by molar-refractivity contribution is -0.142. The van der Waals surface area contributed by atoms with Gasteiger partial charge in [-0.1, -0.05) is 36.0 Å². The van der Waals surface area contributed by atoms with Crippen LogP contribution in [0.5, 0.6) is 5.75 Å². The van der Waals surface area contributed by atoms with Crippen LogP contribution in [0.25, 0.3) is 11.1 Å². The van der Waals surface area contributed by atoms with Crippen molar-refractivity contribution < 1.29 is 33.3 Å². The predicted octanol–water partition coefficient (Wildman–Crippen LogP) is 0.984. The lowest BCUT2D eigenvalue weighted by Crippen LogP contribution is -2.51. The van der Waals surface area contributed by atoms with E-state index in [1.165, 1.54) is 18.5 Å². The summed E-state index contributed by atoms with van der Waals surface area (Å²) in [6.07, 6.45) is 0.120. The second kappa shape index (κ2) is 11.6. The number of nitrogens with zero attached hydrogens (tertiary/aromatic N) is 3. The van der Waals surface area contributed by atoms with E-state index in [0.717, 1.165) is 22.9 Å². The number of aromatic nitrogens is 3. The van der Waals surface area contributed by atoms with Gasteiger partial charge in [-0.25, -0.2) is 8.42 Å². The van der Waals surface area contributed by atoms with Crippen molar-refractivity contribution in [3.05, 3.63) is 54.9 Å². The van der Waals surface area contributed by atoms with Crippen LogP contribution in [-0.4, -0.2) is 76.1 Å². The predicted molar refractivity (Wildman–Crippen MR) is 128 cm³/mol. The number of benzene rings is 2. The van der Waals surface area contributed by atoms with Crippen molar-refractivity contribution in [1.82, 2.24) is 19.5 Å². The summed E-state index contributed by atoms with van der Waals surface area (Å²) in [6, 6.07) is 11.4. The fourth-order valence-corrected chi connectivity index (χ4v) is 5.47. The van der Waals surface area contributed by atoms with Gasteiger partial charge in [-0.3, -0.25) is 4.79 Å². The molecule has 0 aliphatic rings. The van der Waals surface area contributed by atoms with Gasteiger partial charge >= 0.3 is 5.97 Å². The molecule has 11 nitrogen and oxygen atoms in total. The first kappa shape index (κ1) is 26.6. The van der Waals surface area contributed by atoms with Gasteiger partial charge in [0.15, 0.2) is 5.16 Å². The van der Waals surface area contributed by atoms with Gasteiger partial charge in [0.2, 0.25) is 10.0 Å². The Bertz CT molecular complexity index is 1230. The number of carbonyl (C=O) groups is 1. The summed E-state index contributed by atoms with van der Waals surface area (Å²) >= 11 is 1.10. The van der Waals surface area contributed by atoms with Crippen molar-refractivity contribution in [2.24, 2.45) is 13.0 Å². The zero-order chi connectivity index (χ0) is 25.6. The molecular weight excluding hydrogens is 496 g/mol. The highest BCUT2D eigenvalue weighted by Crippen LogP contribution is 2.25. The van der Waals surface area contributed by atoms with Gasteiger partial charge in [0, 0.05) is 18.7 Å². The van der Waals surface area contributed by atoms with Gasteiger partial charge in [0.25, 0.3) is 0 Å². The average Bonchev–Trinajstić information content (AvgIpc) is 3.27. The SMILES string of the molecule is COc1ccc(-c2ccc(S(=O)(=O)NC(C(=O)O)C(CO)C(O)CSc3nncn3C)cc2)cc1. The van der Waals surface area contributed by atoms with Crippen LogP contribution in [0.4, 0.5) is 0 Å². The van der Waals surface area contributed by atoms with Crippen LogP contribution in [-0.2, 0) is 21.9 Å². The first-order valence-electron chi connectivity index (χ1n) is 10.4. The molecule has 0 amide bonds. The van der Waals surface area contributed by atoms with Gasteiger partial charge in [-0.2, -0.15) is 4.72 Å². The Kier molecular flexibility index (Phi) is 8.86. The number of ether oxygens (including phenoxy) is 1. The quantitative estimate of drug-likeness (QED) is 0.252. The van der Waals surface area contributed by atoms with Crippen LogP contribution in [0.3, 0.4) is 0 Å². The molecule has 0 spiro atoms. The number of hydrogen-bond donors (Lipinski definition) is 4. The fraction of sp³-hybridized carbons (Fsp3) is 0.318. The van der Waals surface area contributed by atoms with Crippen molar-refractivity contribution in [2.45, 2.75) is 22.2 Å². The molecule has 188 valence electrons. The number of sulfonamides is 1. The molecule has 0 aliphatic heterocycles. The van der Waals surface area contributed by atoms with Crippen molar-refractivity contribution in [3.63, 3.8) is 0 Å². The molecule has 3 aromatic rings. The number of aliphatic carboxylic acids is 1. The Morgan fingerprint density at radius 3 is 2.23 bits per heavy atom. The number of carboxylic acid groups (broad SMARTS) is 1. The first-order valence-corrected chi connectivity index (χ1v) is 12.9. The topological polar surface area (TPSA) is 164 Å². The third-order valence-corrected chi connectivity index (χ3v) is 7.92. The number of hydrogen-bond acceptors (Lipinski definition) is 9. The molecule has 0 aliphatic carbocycles. The molecule has 1 aromatic heterocycles. The van der Waals surface area contributed by atoms with Crippen LogP contribution in [0.15, 0.2) is 64.9 Å². The molecule has 3 atom stereocenters. The maximum absolute atomic E-state index is 12.9. The summed E-state index contributed by atoms with van der Waals surface area (Å²) in [6.45, 7) is -0.754. The average molecular weight is 523 g/mol. The number of methoxy groups -OCH3 is 1. The van der Waals surface area contributed by atoms with Gasteiger partial charge in [0.05, 0.1) is 24.7 Å². The zero-order valence-corrected chi connectivity index (χ0v) is 20.6. The van der Waals surface area contributed by atoms with Crippen LogP contribution in [0.2, 0.25) is 0 Å². The van der Waals surface area contributed by atoms with E-state index < -0.39 is 40.7 Å². The Morgan fingerprint density at radius 1 is 1.14 bits per heavy atom. The minimum Gasteiger partial charge on any atom is -0.497 e. The van der Waals surface area contributed by atoms with E-state index in [2.05, 4.69) is 14.9 Å². The number of thioether (sulfide) groups is 1. The molecule has 0 saturated heterocycles. The summed E-state index contributed by atoms with van der Waals surface area (Å²) in [5, 5.41) is 38.0. The fourth-order valence-electron chi connectivity index (χ4n) is 3.30. The highest BCUT2D eigenvalue weighted by molar-refractivity contribution is 7.99. The smallest absolute Gasteiger partial charge is 0.322 e. The lowest BCUT2D eigenvalue weighted by Gasteiger charge is -2.27. The second-order valence-electron chi connectivity index (χ2n) is 7.64. The van der Waals surface area contributed by atoms with E-state index in [1.807, 2.05) is 12.1 Å². The summed E-state index contributed by atoms with van der Waals surface area (Å²) in [4.78, 5) is 11.7. The van der Waals surface area contributed by atoms with Gasteiger partial charge in [-0.15, -0.1) is 10.2 Å². The molecule has 3 unspecified atom stereocenters. The molecule has 4 N–H and O–H groups in total. The van der Waals surface area contributed by atoms with E-state index in [-0.39, 0.29) is 10.6 Å². The van der Waals surface area contributed by atoms with Gasteiger partial charge < -0.3 is 24.6 Å². The standard InChI is InChI=1S/C22H26N4O7S2/c1-26-13-23-24-22(26)34-12-19(28)18(11-27)20(21(29)30)25-35(31,32)17-9-5-15(6-10-17)14-3-7-16(33-2)8-4-14/h3-10,13,18-20,25,27-28H,11-12H2,1-2H3,(H,29,30). The number of aliphatic hydroxyl groups excluding tert-OH is 2. The molecule has 0 saturated carbocycles. The molecule has 0 fully saturated rings. The van der Waals surface area contributed by atoms with Crippen LogP contribution in [0, 0.1) is 5.92 Å². The van der Waals surface area contributed by atoms with Crippen molar-refractivity contribution >= 4 is 27.8 Å². The van der Waals surface area contributed by atoms with Crippen LogP contribution < -0.4 is 9.46 Å². The molecule has 35 heavy (non-hydrogen) atoms. The third-order valence-electron chi connectivity index (χ3n) is 5.32. The van der Waals surface area contributed by atoms with E-state index in [4.69, 9.17) is 4.74 Å². The highest BCUT2D eigenvalue weighted by atomic mass is 32.2. The summed E-state index contributed by atoms with van der Waals surface area (Å²) in [5.41, 5.74) is 1.60. The Balaban J connectivity index is 1.74. The molecular formula is C22H26N4O7S2. The number of aryl methyl sites for hydroxylation is 1. The van der Waals surface area contributed by atoms with Crippen LogP contribution >= 0.6 is 11.8 Å². The Hall–Kier alpha value is -2.97. The third kappa shape index (κ3) is 6.58. The Labute approximate surface area is 206 Å². The van der Waals surface area contributed by atoms with Crippen molar-refractivity contribution in [1.29, 1.82) is 0 Å². The van der Waals surface area contributed by atoms with Crippen LogP contribution in [0.1, 0.15) is 0 Å². The van der Waals surface area contributed by atoms with E-state index in [9.17, 15) is 28.5 Å². The molecule has 0 radical (unpaired) electrons. The number of carboxylic acids is 1. The highest BCUT2D eigenvalue weighted by Gasteiger charge is 2.37. The first-order chi connectivity index (χ1) is 16.7. The maximum Gasteiger partial charge on any atom is 0.322 e. The maximum atomic E-state index is 12.9. The lowest BCUT2D eigenvalue weighted by atomic mass is 9.96. The summed E-state index contributed by atoms with van der Waals surface area (Å²) < 4.78 is 34.7. The van der Waals surface area contributed by atoms with Crippen molar-refractivity contribution in [2.75, 3.05) is 19.5 Å². The Morgan fingerprint density at radius 2 is 1.74 bits per heavy atom. The molecule has 1 heterocycles. The van der Waals surface area contributed by atoms with Crippen molar-refractivity contribution in [3.8, 4) is 16.9 Å². The molecule has 13 heteroatoms. The normalized spacial score (nSPS) is 14.3. The molecule has 0 bridgehead atoms. The minimum atomic E-state index is -4.27.